The summed E-state index contributed by atoms with van der Waals surface area (Å²) in [5.41, 5.74) is 0.967. The van der Waals surface area contributed by atoms with Crippen LogP contribution in [0.1, 0.15) is 53.4 Å². The molecule has 0 saturated carbocycles. The lowest BCUT2D eigenvalue weighted by Crippen LogP contribution is -2.49. The monoisotopic (exact) mass is 312 g/mol. The van der Waals surface area contributed by atoms with Gasteiger partial charge >= 0.3 is 0 Å². The third kappa shape index (κ3) is 5.38. The van der Waals surface area contributed by atoms with Gasteiger partial charge in [0.25, 0.3) is 0 Å². The number of carbonyl (C=O) groups excluding carboxylic acids is 2. The van der Waals surface area contributed by atoms with E-state index in [1.807, 2.05) is 13.8 Å². The van der Waals surface area contributed by atoms with Crippen molar-refractivity contribution in [1.29, 1.82) is 0 Å². The molecule has 120 valence electrons. The Balaban J connectivity index is 2.68. The van der Waals surface area contributed by atoms with Crippen molar-refractivity contribution in [2.75, 3.05) is 12.3 Å². The highest BCUT2D eigenvalue weighted by Crippen LogP contribution is 2.31. The van der Waals surface area contributed by atoms with Gasteiger partial charge in [-0.25, -0.2) is 0 Å². The second-order valence-electron chi connectivity index (χ2n) is 5.68. The van der Waals surface area contributed by atoms with Crippen LogP contribution in [0.15, 0.2) is 11.6 Å². The summed E-state index contributed by atoms with van der Waals surface area (Å²) < 4.78 is 0. The van der Waals surface area contributed by atoms with Gasteiger partial charge in [-0.1, -0.05) is 32.3 Å². The predicted octanol–water partition coefficient (Wildman–Crippen LogP) is 2.94. The summed E-state index contributed by atoms with van der Waals surface area (Å²) in [6, 6.07) is -0.329. The molecule has 0 aromatic heterocycles. The van der Waals surface area contributed by atoms with E-state index in [0.29, 0.717) is 12.3 Å². The fourth-order valence-electron chi connectivity index (χ4n) is 2.40. The molecule has 1 aliphatic heterocycles. The molecule has 0 bridgehead atoms. The van der Waals surface area contributed by atoms with Gasteiger partial charge < -0.3 is 10.2 Å². The van der Waals surface area contributed by atoms with Crippen molar-refractivity contribution >= 4 is 23.6 Å². The Hall–Kier alpha value is -0.970. The van der Waals surface area contributed by atoms with Gasteiger partial charge in [-0.3, -0.25) is 9.59 Å². The van der Waals surface area contributed by atoms with Gasteiger partial charge in [0.2, 0.25) is 11.8 Å². The Morgan fingerprint density at radius 1 is 1.29 bits per heavy atom. The van der Waals surface area contributed by atoms with Crippen LogP contribution >= 0.6 is 11.8 Å². The molecular weight excluding hydrogens is 284 g/mol. The van der Waals surface area contributed by atoms with E-state index in [4.69, 9.17) is 0 Å². The number of unbranched alkanes of at least 4 members (excludes halogenated alkanes) is 2. The van der Waals surface area contributed by atoms with Crippen LogP contribution in [-0.2, 0) is 9.59 Å². The number of thioether (sulfide) groups is 1. The third-order valence-corrected chi connectivity index (χ3v) is 4.94. The molecule has 0 unspecified atom stereocenters. The first-order valence-corrected chi connectivity index (χ1v) is 8.92. The molecule has 21 heavy (non-hydrogen) atoms. The van der Waals surface area contributed by atoms with Crippen LogP contribution < -0.4 is 5.32 Å². The number of allylic oxidation sites excluding steroid dienone is 1. The van der Waals surface area contributed by atoms with Gasteiger partial charge in [0.15, 0.2) is 0 Å². The summed E-state index contributed by atoms with van der Waals surface area (Å²) in [6.45, 7) is 8.71. The minimum absolute atomic E-state index is 0.00920. The molecular formula is C16H28N2O2S. The molecule has 2 amide bonds. The molecule has 0 spiro atoms. The van der Waals surface area contributed by atoms with E-state index >= 15 is 0 Å². The fourth-order valence-corrected chi connectivity index (χ4v) is 3.77. The van der Waals surface area contributed by atoms with Crippen LogP contribution in [0.3, 0.4) is 0 Å². The Morgan fingerprint density at radius 2 is 2.00 bits per heavy atom. The van der Waals surface area contributed by atoms with E-state index in [9.17, 15) is 9.59 Å². The molecule has 1 rings (SSSR count). The Morgan fingerprint density at radius 3 is 2.57 bits per heavy atom. The average molecular weight is 312 g/mol. The predicted molar refractivity (Wildman–Crippen MR) is 89.1 cm³/mol. The van der Waals surface area contributed by atoms with E-state index in [1.54, 1.807) is 22.7 Å². The molecule has 0 aliphatic carbocycles. The smallest absolute Gasteiger partial charge is 0.248 e. The van der Waals surface area contributed by atoms with Crippen LogP contribution in [0.5, 0.6) is 0 Å². The highest BCUT2D eigenvalue weighted by molar-refractivity contribution is 8.00. The summed E-state index contributed by atoms with van der Waals surface area (Å²) in [4.78, 5) is 26.5. The van der Waals surface area contributed by atoms with E-state index in [2.05, 4.69) is 19.2 Å². The van der Waals surface area contributed by atoms with E-state index in [1.165, 1.54) is 0 Å². The van der Waals surface area contributed by atoms with Crippen molar-refractivity contribution in [3.63, 3.8) is 0 Å². The SMILES string of the molecule is CCCCCNC(=O)[C@H]1CS[C@@H](CC)N1C(=O)C=C(C)C. The number of amides is 2. The quantitative estimate of drug-likeness (QED) is 0.581. The molecule has 0 aromatic carbocycles. The lowest BCUT2D eigenvalue weighted by Gasteiger charge is -2.27. The highest BCUT2D eigenvalue weighted by atomic mass is 32.2. The standard InChI is InChI=1S/C16H28N2O2S/c1-5-7-8-9-17-16(20)13-11-21-15(6-2)18(13)14(19)10-12(3)4/h10,13,15H,5-9,11H2,1-4H3,(H,17,20)/t13-,15+/m1/s1. The number of nitrogens with one attached hydrogen (secondary N) is 1. The van der Waals surface area contributed by atoms with Gasteiger partial charge in [-0.2, -0.15) is 0 Å². The van der Waals surface area contributed by atoms with Crippen molar-refractivity contribution in [3.8, 4) is 0 Å². The second-order valence-corrected chi connectivity index (χ2v) is 6.89. The topological polar surface area (TPSA) is 49.4 Å². The summed E-state index contributed by atoms with van der Waals surface area (Å²) in [7, 11) is 0. The maximum Gasteiger partial charge on any atom is 0.248 e. The molecule has 5 heteroatoms. The van der Waals surface area contributed by atoms with Gasteiger partial charge in [0.1, 0.15) is 6.04 Å². The Bertz CT molecular complexity index is 392. The van der Waals surface area contributed by atoms with Gasteiger partial charge in [0.05, 0.1) is 5.37 Å². The summed E-state index contributed by atoms with van der Waals surface area (Å²) >= 11 is 1.70. The fraction of sp³-hybridized carbons (Fsp3) is 0.750. The van der Waals surface area contributed by atoms with Crippen molar-refractivity contribution < 1.29 is 9.59 Å². The number of rotatable bonds is 7. The summed E-state index contributed by atoms with van der Waals surface area (Å²) in [5.74, 6) is 0.645. The first-order valence-electron chi connectivity index (χ1n) is 7.87. The minimum atomic E-state index is -0.329. The number of hydrogen-bond acceptors (Lipinski definition) is 3. The lowest BCUT2D eigenvalue weighted by molar-refractivity contribution is -0.136. The first kappa shape index (κ1) is 18.1. The van der Waals surface area contributed by atoms with Crippen LogP contribution in [-0.4, -0.2) is 40.4 Å². The first-order chi connectivity index (χ1) is 10.0. The zero-order valence-electron chi connectivity index (χ0n) is 13.6. The molecule has 1 N–H and O–H groups in total. The van der Waals surface area contributed by atoms with Crippen molar-refractivity contribution in [1.82, 2.24) is 10.2 Å². The van der Waals surface area contributed by atoms with Crippen LogP contribution in [0, 0.1) is 0 Å². The summed E-state index contributed by atoms with van der Waals surface area (Å²) in [5, 5.41) is 3.09. The van der Waals surface area contributed by atoms with Gasteiger partial charge in [0, 0.05) is 18.4 Å². The molecule has 1 fully saturated rings. The third-order valence-electron chi connectivity index (χ3n) is 3.49. The number of nitrogens with zero attached hydrogens (tertiary/aromatic N) is 1. The highest BCUT2D eigenvalue weighted by Gasteiger charge is 2.39. The van der Waals surface area contributed by atoms with E-state index < -0.39 is 0 Å². The van der Waals surface area contributed by atoms with Crippen molar-refractivity contribution in [2.24, 2.45) is 0 Å². The van der Waals surface area contributed by atoms with E-state index in [0.717, 1.165) is 31.3 Å². The largest absolute Gasteiger partial charge is 0.354 e. The number of carbonyl (C=O) groups is 2. The maximum absolute atomic E-state index is 12.4. The lowest BCUT2D eigenvalue weighted by atomic mass is 10.2. The minimum Gasteiger partial charge on any atom is -0.354 e. The Kier molecular flexibility index (Phi) is 7.86. The molecule has 0 radical (unpaired) electrons. The Labute approximate surface area is 132 Å². The van der Waals surface area contributed by atoms with Gasteiger partial charge in [-0.15, -0.1) is 11.8 Å². The molecule has 1 heterocycles. The molecule has 4 nitrogen and oxygen atoms in total. The zero-order valence-corrected chi connectivity index (χ0v) is 14.5. The van der Waals surface area contributed by atoms with Crippen molar-refractivity contribution in [3.05, 3.63) is 11.6 Å². The van der Waals surface area contributed by atoms with Crippen LogP contribution in [0.4, 0.5) is 0 Å². The van der Waals surface area contributed by atoms with Crippen molar-refractivity contribution in [2.45, 2.75) is 64.8 Å². The second kappa shape index (κ2) is 9.13. The summed E-state index contributed by atoms with van der Waals surface area (Å²) in [6.07, 6.45) is 5.76. The normalized spacial score (nSPS) is 21.2. The molecule has 2 atom stereocenters. The van der Waals surface area contributed by atoms with Gasteiger partial charge in [-0.05, 0) is 26.7 Å². The van der Waals surface area contributed by atoms with Crippen LogP contribution in [0.25, 0.3) is 0 Å². The average Bonchev–Trinajstić information content (AvgIpc) is 2.86. The molecule has 0 aromatic rings. The molecule has 1 aliphatic rings. The van der Waals surface area contributed by atoms with E-state index in [-0.39, 0.29) is 23.2 Å². The maximum atomic E-state index is 12.4. The number of hydrogen-bond donors (Lipinski definition) is 1. The van der Waals surface area contributed by atoms with Crippen LogP contribution in [0.2, 0.25) is 0 Å². The zero-order chi connectivity index (χ0) is 15.8. The molecule has 1 saturated heterocycles.